The minimum absolute atomic E-state index is 0.104. The van der Waals surface area contributed by atoms with Crippen molar-refractivity contribution >= 4 is 23.0 Å². The van der Waals surface area contributed by atoms with Gasteiger partial charge in [-0.1, -0.05) is 0 Å². The van der Waals surface area contributed by atoms with Crippen molar-refractivity contribution in [3.8, 4) is 11.5 Å². The van der Waals surface area contributed by atoms with Crippen LogP contribution in [0, 0.1) is 0 Å². The Morgan fingerprint density at radius 3 is 2.71 bits per heavy atom. The highest BCUT2D eigenvalue weighted by molar-refractivity contribution is 5.96. The van der Waals surface area contributed by atoms with Gasteiger partial charge >= 0.3 is 5.97 Å². The highest BCUT2D eigenvalue weighted by atomic mass is 16.4. The summed E-state index contributed by atoms with van der Waals surface area (Å²) >= 11 is 0. The first-order valence-corrected chi connectivity index (χ1v) is 5.95. The van der Waals surface area contributed by atoms with E-state index in [0.717, 1.165) is 0 Å². The third-order valence-corrected chi connectivity index (χ3v) is 2.90. The summed E-state index contributed by atoms with van der Waals surface area (Å²) in [4.78, 5) is 30.0. The van der Waals surface area contributed by atoms with Crippen molar-refractivity contribution in [3.63, 3.8) is 0 Å². The SMILES string of the molecule is NC(=O)c1ccc2oc(-c3ccnc(C(=O)O)c3)nc2c1. The van der Waals surface area contributed by atoms with Gasteiger partial charge in [-0.15, -0.1) is 0 Å². The summed E-state index contributed by atoms with van der Waals surface area (Å²) in [6, 6.07) is 7.60. The maximum Gasteiger partial charge on any atom is 0.354 e. The number of nitrogens with two attached hydrogens (primary N) is 1. The van der Waals surface area contributed by atoms with Crippen molar-refractivity contribution in [2.75, 3.05) is 0 Å². The highest BCUT2D eigenvalue weighted by Gasteiger charge is 2.13. The van der Waals surface area contributed by atoms with Crippen LogP contribution in [0.15, 0.2) is 40.9 Å². The zero-order chi connectivity index (χ0) is 15.0. The fourth-order valence-electron chi connectivity index (χ4n) is 1.88. The van der Waals surface area contributed by atoms with Gasteiger partial charge in [0.25, 0.3) is 0 Å². The number of benzene rings is 1. The number of oxazole rings is 1. The third-order valence-electron chi connectivity index (χ3n) is 2.90. The first kappa shape index (κ1) is 12.8. The number of aromatic nitrogens is 2. The minimum Gasteiger partial charge on any atom is -0.477 e. The molecule has 0 unspecified atom stereocenters. The molecule has 1 amide bonds. The number of carbonyl (C=O) groups is 2. The van der Waals surface area contributed by atoms with E-state index in [1.165, 1.54) is 24.4 Å². The first-order chi connectivity index (χ1) is 10.0. The molecule has 0 aliphatic heterocycles. The summed E-state index contributed by atoms with van der Waals surface area (Å²) in [7, 11) is 0. The summed E-state index contributed by atoms with van der Waals surface area (Å²) in [6.45, 7) is 0. The van der Waals surface area contributed by atoms with Crippen LogP contribution in [0.1, 0.15) is 20.8 Å². The molecule has 21 heavy (non-hydrogen) atoms. The van der Waals surface area contributed by atoms with E-state index in [9.17, 15) is 9.59 Å². The summed E-state index contributed by atoms with van der Waals surface area (Å²) in [6.07, 6.45) is 1.36. The maximum atomic E-state index is 11.1. The van der Waals surface area contributed by atoms with Crippen LogP contribution in [0.2, 0.25) is 0 Å². The molecule has 0 saturated heterocycles. The molecule has 1 aromatic carbocycles. The number of fused-ring (bicyclic) bond motifs is 1. The molecule has 3 aromatic rings. The van der Waals surface area contributed by atoms with Crippen molar-refractivity contribution in [1.29, 1.82) is 0 Å². The Hall–Kier alpha value is -3.22. The number of amides is 1. The van der Waals surface area contributed by atoms with E-state index in [2.05, 4.69) is 9.97 Å². The molecule has 7 nitrogen and oxygen atoms in total. The van der Waals surface area contributed by atoms with E-state index in [-0.39, 0.29) is 11.6 Å². The molecule has 2 aromatic heterocycles. The second kappa shape index (κ2) is 4.71. The maximum absolute atomic E-state index is 11.1. The molecule has 0 aliphatic carbocycles. The fraction of sp³-hybridized carbons (Fsp3) is 0. The van der Waals surface area contributed by atoms with Gasteiger partial charge in [0, 0.05) is 17.3 Å². The van der Waals surface area contributed by atoms with Crippen LogP contribution < -0.4 is 5.73 Å². The predicted molar refractivity (Wildman–Crippen MR) is 72.7 cm³/mol. The fourth-order valence-corrected chi connectivity index (χ4v) is 1.88. The number of primary amides is 1. The molecule has 0 bridgehead atoms. The predicted octanol–water partition coefficient (Wildman–Crippen LogP) is 1.69. The second-order valence-electron chi connectivity index (χ2n) is 4.30. The number of aromatic carboxylic acids is 1. The van der Waals surface area contributed by atoms with E-state index in [1.54, 1.807) is 12.1 Å². The Morgan fingerprint density at radius 2 is 2.00 bits per heavy atom. The van der Waals surface area contributed by atoms with Gasteiger partial charge < -0.3 is 15.3 Å². The third kappa shape index (κ3) is 2.32. The van der Waals surface area contributed by atoms with Gasteiger partial charge in [-0.2, -0.15) is 0 Å². The van der Waals surface area contributed by atoms with Gasteiger partial charge in [0.05, 0.1) is 0 Å². The van der Waals surface area contributed by atoms with Crippen LogP contribution in [0.4, 0.5) is 0 Å². The lowest BCUT2D eigenvalue weighted by atomic mass is 10.2. The van der Waals surface area contributed by atoms with Crippen LogP contribution in [0.3, 0.4) is 0 Å². The topological polar surface area (TPSA) is 119 Å². The van der Waals surface area contributed by atoms with Crippen LogP contribution in [0.5, 0.6) is 0 Å². The van der Waals surface area contributed by atoms with E-state index < -0.39 is 11.9 Å². The van der Waals surface area contributed by atoms with Crippen molar-refractivity contribution in [2.24, 2.45) is 5.73 Å². The summed E-state index contributed by atoms with van der Waals surface area (Å²) < 4.78 is 5.54. The van der Waals surface area contributed by atoms with E-state index in [4.69, 9.17) is 15.3 Å². The Morgan fingerprint density at radius 1 is 1.19 bits per heavy atom. The number of rotatable bonds is 3. The number of pyridine rings is 1. The summed E-state index contributed by atoms with van der Waals surface area (Å²) in [5.41, 5.74) is 6.85. The van der Waals surface area contributed by atoms with E-state index in [0.29, 0.717) is 22.2 Å². The normalized spacial score (nSPS) is 10.7. The molecule has 3 N–H and O–H groups in total. The minimum atomic E-state index is -1.14. The Kier molecular flexibility index (Phi) is 2.87. The van der Waals surface area contributed by atoms with Crippen molar-refractivity contribution in [2.45, 2.75) is 0 Å². The molecule has 0 saturated carbocycles. The van der Waals surface area contributed by atoms with Crippen LogP contribution in [-0.4, -0.2) is 27.0 Å². The number of carboxylic acid groups (broad SMARTS) is 1. The number of hydrogen-bond acceptors (Lipinski definition) is 5. The van der Waals surface area contributed by atoms with Gasteiger partial charge in [0.2, 0.25) is 11.8 Å². The van der Waals surface area contributed by atoms with E-state index in [1.807, 2.05) is 0 Å². The molecule has 0 fully saturated rings. The Balaban J connectivity index is 2.10. The van der Waals surface area contributed by atoms with Crippen LogP contribution >= 0.6 is 0 Å². The molecule has 0 spiro atoms. The average Bonchev–Trinajstić information content (AvgIpc) is 2.90. The number of carboxylic acids is 1. The Bertz CT molecular complexity index is 870. The molecule has 0 atom stereocenters. The average molecular weight is 283 g/mol. The van der Waals surface area contributed by atoms with Crippen molar-refractivity contribution < 1.29 is 19.1 Å². The molecule has 0 aliphatic rings. The molecule has 7 heteroatoms. The number of hydrogen-bond donors (Lipinski definition) is 2. The van der Waals surface area contributed by atoms with Crippen LogP contribution in [-0.2, 0) is 0 Å². The first-order valence-electron chi connectivity index (χ1n) is 5.95. The largest absolute Gasteiger partial charge is 0.477 e. The van der Waals surface area contributed by atoms with Crippen LogP contribution in [0.25, 0.3) is 22.6 Å². The molecule has 0 radical (unpaired) electrons. The van der Waals surface area contributed by atoms with Gasteiger partial charge in [-0.05, 0) is 30.3 Å². The lowest BCUT2D eigenvalue weighted by Crippen LogP contribution is -2.10. The monoisotopic (exact) mass is 283 g/mol. The highest BCUT2D eigenvalue weighted by Crippen LogP contribution is 2.25. The van der Waals surface area contributed by atoms with Gasteiger partial charge in [-0.3, -0.25) is 4.79 Å². The standard InChI is InChI=1S/C14H9N3O4/c15-12(18)7-1-2-11-9(5-7)17-13(21-11)8-3-4-16-10(6-8)14(19)20/h1-6H,(H2,15,18)(H,19,20). The zero-order valence-corrected chi connectivity index (χ0v) is 10.6. The number of nitrogens with zero attached hydrogens (tertiary/aromatic N) is 2. The smallest absolute Gasteiger partial charge is 0.354 e. The molecular weight excluding hydrogens is 274 g/mol. The molecule has 3 rings (SSSR count). The van der Waals surface area contributed by atoms with Gasteiger partial charge in [0.1, 0.15) is 11.2 Å². The number of carbonyl (C=O) groups excluding carboxylic acids is 1. The summed E-state index contributed by atoms with van der Waals surface area (Å²) in [5, 5.41) is 8.93. The summed E-state index contributed by atoms with van der Waals surface area (Å²) in [5.74, 6) is -1.45. The molecular formula is C14H9N3O4. The zero-order valence-electron chi connectivity index (χ0n) is 10.6. The van der Waals surface area contributed by atoms with E-state index >= 15 is 0 Å². The van der Waals surface area contributed by atoms with Crippen molar-refractivity contribution in [1.82, 2.24) is 9.97 Å². The molecule has 104 valence electrons. The van der Waals surface area contributed by atoms with Gasteiger partial charge in [0.15, 0.2) is 5.58 Å². The lowest BCUT2D eigenvalue weighted by molar-refractivity contribution is 0.0690. The lowest BCUT2D eigenvalue weighted by Gasteiger charge is -1.96. The van der Waals surface area contributed by atoms with Crippen molar-refractivity contribution in [3.05, 3.63) is 47.8 Å². The molecule has 2 heterocycles. The van der Waals surface area contributed by atoms with Gasteiger partial charge in [-0.25, -0.2) is 14.8 Å². The quantitative estimate of drug-likeness (QED) is 0.754. The Labute approximate surface area is 118 Å². The second-order valence-corrected chi connectivity index (χ2v) is 4.30.